The lowest BCUT2D eigenvalue weighted by Gasteiger charge is -2.22. The van der Waals surface area contributed by atoms with E-state index >= 15 is 0 Å². The average molecular weight is 478 g/mol. The molecule has 1 aromatic heterocycles. The summed E-state index contributed by atoms with van der Waals surface area (Å²) in [6.45, 7) is 1.53. The largest absolute Gasteiger partial charge is 0.458 e. The van der Waals surface area contributed by atoms with Crippen molar-refractivity contribution in [2.45, 2.75) is 25.0 Å². The van der Waals surface area contributed by atoms with Gasteiger partial charge >= 0.3 is 7.75 Å². The van der Waals surface area contributed by atoms with Gasteiger partial charge in [0, 0.05) is 36.7 Å². The second-order valence-electron chi connectivity index (χ2n) is 8.08. The molecule has 1 atom stereocenters. The Morgan fingerprint density at radius 3 is 2.59 bits per heavy atom. The summed E-state index contributed by atoms with van der Waals surface area (Å²) in [7, 11) is -5.72. The van der Waals surface area contributed by atoms with E-state index in [-0.39, 0.29) is 5.75 Å². The monoisotopic (exact) mass is 477 g/mol. The first kappa shape index (κ1) is 23.0. The van der Waals surface area contributed by atoms with Crippen LogP contribution < -0.4 is 4.52 Å². The van der Waals surface area contributed by atoms with Gasteiger partial charge in [0.05, 0.1) is 5.75 Å². The summed E-state index contributed by atoms with van der Waals surface area (Å²) in [6.07, 6.45) is 4.23. The Balaban J connectivity index is 1.41. The highest BCUT2D eigenvalue weighted by Gasteiger charge is 2.28. The summed E-state index contributed by atoms with van der Waals surface area (Å²) in [5.74, 6) is 0.332. The summed E-state index contributed by atoms with van der Waals surface area (Å²) in [5, 5.41) is 0.970. The molecule has 8 nitrogen and oxygen atoms in total. The van der Waals surface area contributed by atoms with E-state index in [1.807, 2.05) is 30.5 Å². The summed E-state index contributed by atoms with van der Waals surface area (Å²) >= 11 is 0. The molecule has 2 heterocycles. The van der Waals surface area contributed by atoms with Crippen LogP contribution in [0.3, 0.4) is 0 Å². The molecule has 1 aliphatic heterocycles. The molecule has 1 unspecified atom stereocenters. The third kappa shape index (κ3) is 5.24. The van der Waals surface area contributed by atoms with E-state index in [4.69, 9.17) is 4.52 Å². The van der Waals surface area contributed by atoms with Crippen LogP contribution >= 0.6 is 7.75 Å². The van der Waals surface area contributed by atoms with E-state index in [2.05, 4.69) is 4.98 Å². The van der Waals surface area contributed by atoms with Crippen LogP contribution in [0.15, 0.2) is 54.7 Å². The van der Waals surface area contributed by atoms with Crippen molar-refractivity contribution in [2.24, 2.45) is 0 Å². The molecule has 1 saturated heterocycles. The van der Waals surface area contributed by atoms with Crippen molar-refractivity contribution in [3.05, 3.63) is 65.9 Å². The number of H-pyrrole nitrogens is 1. The van der Waals surface area contributed by atoms with Gasteiger partial charge in [-0.25, -0.2) is 22.0 Å². The number of hydrogen-bond acceptors (Lipinski definition) is 4. The zero-order valence-corrected chi connectivity index (χ0v) is 19.7. The number of sulfonamides is 1. The van der Waals surface area contributed by atoms with E-state index in [1.165, 1.54) is 4.67 Å². The minimum atomic E-state index is -3.97. The van der Waals surface area contributed by atoms with Crippen LogP contribution in [0.5, 0.6) is 5.75 Å². The molecule has 172 valence electrons. The molecule has 0 amide bonds. The molecule has 4 rings (SSSR count). The first-order chi connectivity index (χ1) is 15.2. The highest BCUT2D eigenvalue weighted by molar-refractivity contribution is 7.88. The minimum Gasteiger partial charge on any atom is -0.413 e. The van der Waals surface area contributed by atoms with Gasteiger partial charge in [-0.1, -0.05) is 30.3 Å². The standard InChI is InChI=1S/C22H28N3O5PS/c1-24(31(26,27)30-20-7-3-2-4-8-20)14-11-19-16-23-22-15-18(9-10-21(19)22)17-32(28,29)25-12-5-6-13-25/h2-4,7-10,15-16,23H,5-6,11-14,17H2,1H3,(H,26,27). The Bertz CT molecular complexity index is 1220. The predicted octanol–water partition coefficient (Wildman–Crippen LogP) is 3.75. The van der Waals surface area contributed by atoms with Crippen molar-refractivity contribution in [1.29, 1.82) is 0 Å². The number of aromatic nitrogens is 1. The number of para-hydroxylation sites is 1. The number of likely N-dealkylation sites (N-methyl/N-ethyl adjacent to an activating group) is 1. The van der Waals surface area contributed by atoms with Crippen molar-refractivity contribution in [1.82, 2.24) is 14.0 Å². The van der Waals surface area contributed by atoms with Crippen molar-refractivity contribution >= 4 is 28.7 Å². The second-order valence-corrected chi connectivity index (χ2v) is 11.9. The zero-order chi connectivity index (χ0) is 22.8. The van der Waals surface area contributed by atoms with Gasteiger partial charge < -0.3 is 14.4 Å². The zero-order valence-electron chi connectivity index (χ0n) is 18.0. The molecule has 2 N–H and O–H groups in total. The van der Waals surface area contributed by atoms with Crippen LogP contribution in [0.2, 0.25) is 0 Å². The van der Waals surface area contributed by atoms with Crippen molar-refractivity contribution in [2.75, 3.05) is 26.7 Å². The third-order valence-electron chi connectivity index (χ3n) is 5.74. The van der Waals surface area contributed by atoms with E-state index < -0.39 is 17.8 Å². The SMILES string of the molecule is CN(CCc1c[nH]c2cc(CS(=O)(=O)N3CCCC3)ccc12)P(=O)(O)Oc1ccccc1. The molecular formula is C22H28N3O5PS. The molecule has 3 aromatic rings. The molecule has 2 aromatic carbocycles. The van der Waals surface area contributed by atoms with Gasteiger partial charge in [0.25, 0.3) is 0 Å². The molecule has 32 heavy (non-hydrogen) atoms. The maximum absolute atomic E-state index is 12.6. The maximum atomic E-state index is 12.6. The summed E-state index contributed by atoms with van der Waals surface area (Å²) in [4.78, 5) is 13.5. The number of fused-ring (bicyclic) bond motifs is 1. The van der Waals surface area contributed by atoms with Crippen LogP contribution in [0.4, 0.5) is 0 Å². The van der Waals surface area contributed by atoms with E-state index in [0.717, 1.165) is 34.9 Å². The molecular weight excluding hydrogens is 449 g/mol. The number of hydrogen-bond donors (Lipinski definition) is 2. The van der Waals surface area contributed by atoms with Crippen LogP contribution in [0.25, 0.3) is 10.9 Å². The van der Waals surface area contributed by atoms with Crippen molar-refractivity contribution in [3.63, 3.8) is 0 Å². The smallest absolute Gasteiger partial charge is 0.413 e. The number of nitrogens with one attached hydrogen (secondary N) is 1. The number of aromatic amines is 1. The van der Waals surface area contributed by atoms with E-state index in [1.54, 1.807) is 35.6 Å². The molecule has 0 radical (unpaired) electrons. The summed E-state index contributed by atoms with van der Waals surface area (Å²) in [5.41, 5.74) is 2.58. The topological polar surface area (TPSA) is 103 Å². The lowest BCUT2D eigenvalue weighted by Crippen LogP contribution is -2.29. The van der Waals surface area contributed by atoms with Crippen LogP contribution in [0.1, 0.15) is 24.0 Å². The molecule has 0 saturated carbocycles. The van der Waals surface area contributed by atoms with Crippen molar-refractivity contribution in [3.8, 4) is 5.75 Å². The minimum absolute atomic E-state index is 0.00937. The Kier molecular flexibility index (Phi) is 6.74. The van der Waals surface area contributed by atoms with Crippen LogP contribution in [0, 0.1) is 0 Å². The lowest BCUT2D eigenvalue weighted by molar-refractivity contribution is 0.300. The average Bonchev–Trinajstić information content (AvgIpc) is 3.43. The first-order valence-electron chi connectivity index (χ1n) is 10.6. The Morgan fingerprint density at radius 2 is 1.88 bits per heavy atom. The normalized spacial score (nSPS) is 17.1. The highest BCUT2D eigenvalue weighted by Crippen LogP contribution is 2.45. The van der Waals surface area contributed by atoms with E-state index in [9.17, 15) is 17.9 Å². The lowest BCUT2D eigenvalue weighted by atomic mass is 10.1. The Hall–Kier alpha value is -2.16. The maximum Gasteiger partial charge on any atom is 0.458 e. The van der Waals surface area contributed by atoms with Gasteiger partial charge in [-0.3, -0.25) is 0 Å². The molecule has 1 fully saturated rings. The summed E-state index contributed by atoms with van der Waals surface area (Å²) < 4.78 is 45.9. The number of rotatable bonds is 9. The Labute approximate surface area is 188 Å². The molecule has 10 heteroatoms. The van der Waals surface area contributed by atoms with Gasteiger partial charge in [-0.05, 0) is 55.6 Å². The Morgan fingerprint density at radius 1 is 1.16 bits per heavy atom. The van der Waals surface area contributed by atoms with E-state index in [0.29, 0.717) is 31.8 Å². The molecule has 0 spiro atoms. The second kappa shape index (κ2) is 9.37. The number of benzene rings is 2. The molecule has 0 bridgehead atoms. The summed E-state index contributed by atoms with van der Waals surface area (Å²) in [6, 6.07) is 14.2. The predicted molar refractivity (Wildman–Crippen MR) is 125 cm³/mol. The van der Waals surface area contributed by atoms with Gasteiger partial charge in [-0.15, -0.1) is 0 Å². The third-order valence-corrected chi connectivity index (χ3v) is 9.10. The van der Waals surface area contributed by atoms with Gasteiger partial charge in [-0.2, -0.15) is 0 Å². The fourth-order valence-electron chi connectivity index (χ4n) is 3.90. The van der Waals surface area contributed by atoms with Crippen LogP contribution in [-0.2, 0) is 26.8 Å². The quantitative estimate of drug-likeness (QED) is 0.455. The first-order valence-corrected chi connectivity index (χ1v) is 13.7. The fraction of sp³-hybridized carbons (Fsp3) is 0.364. The number of nitrogens with zero attached hydrogens (tertiary/aromatic N) is 2. The molecule has 0 aliphatic carbocycles. The van der Waals surface area contributed by atoms with Gasteiger partial charge in [0.2, 0.25) is 10.0 Å². The van der Waals surface area contributed by atoms with Gasteiger partial charge in [0.15, 0.2) is 0 Å². The fourth-order valence-corrected chi connectivity index (χ4v) is 6.38. The highest BCUT2D eigenvalue weighted by atomic mass is 32.2. The van der Waals surface area contributed by atoms with Gasteiger partial charge in [0.1, 0.15) is 5.75 Å². The van der Waals surface area contributed by atoms with Crippen LogP contribution in [-0.4, -0.2) is 54.0 Å². The van der Waals surface area contributed by atoms with Crippen molar-refractivity contribution < 1.29 is 22.4 Å². The molecule has 1 aliphatic rings.